The molecule has 30 heavy (non-hydrogen) atoms. The van der Waals surface area contributed by atoms with Gasteiger partial charge in [-0.25, -0.2) is 0 Å². The molecule has 0 N–H and O–H groups in total. The van der Waals surface area contributed by atoms with Gasteiger partial charge in [-0.1, -0.05) is 36.4 Å². The molecule has 0 unspecified atom stereocenters. The standard InChI is InChI=1S/C25H23IO4/c1-3-29-24-16-19(9-14-23(27)20-10-12-21(28-2)13-11-20)15-22(26)25(24)30-17-18-7-5-4-6-8-18/h4-16H,3,17H2,1-2H3/b14-9+. The molecule has 0 fully saturated rings. The van der Waals surface area contributed by atoms with Gasteiger partial charge in [-0.05, 0) is 83.1 Å². The van der Waals surface area contributed by atoms with E-state index in [-0.39, 0.29) is 5.78 Å². The maximum Gasteiger partial charge on any atom is 0.185 e. The van der Waals surface area contributed by atoms with Gasteiger partial charge in [0.15, 0.2) is 17.3 Å². The largest absolute Gasteiger partial charge is 0.497 e. The van der Waals surface area contributed by atoms with Crippen LogP contribution in [0.2, 0.25) is 0 Å². The highest BCUT2D eigenvalue weighted by atomic mass is 127. The van der Waals surface area contributed by atoms with E-state index < -0.39 is 0 Å². The van der Waals surface area contributed by atoms with E-state index in [2.05, 4.69) is 22.6 Å². The van der Waals surface area contributed by atoms with Crippen LogP contribution < -0.4 is 14.2 Å². The molecule has 3 rings (SSSR count). The Labute approximate surface area is 190 Å². The first kappa shape index (κ1) is 21.9. The smallest absolute Gasteiger partial charge is 0.185 e. The van der Waals surface area contributed by atoms with Crippen molar-refractivity contribution < 1.29 is 19.0 Å². The number of benzene rings is 3. The van der Waals surface area contributed by atoms with Crippen molar-refractivity contribution in [3.8, 4) is 17.2 Å². The van der Waals surface area contributed by atoms with Crippen molar-refractivity contribution in [2.24, 2.45) is 0 Å². The summed E-state index contributed by atoms with van der Waals surface area (Å²) in [5.74, 6) is 2.02. The molecule has 0 saturated carbocycles. The monoisotopic (exact) mass is 514 g/mol. The average Bonchev–Trinajstić information content (AvgIpc) is 2.78. The number of halogens is 1. The van der Waals surface area contributed by atoms with Gasteiger partial charge in [0.2, 0.25) is 0 Å². The Morgan fingerprint density at radius 3 is 2.40 bits per heavy atom. The first-order valence-corrected chi connectivity index (χ1v) is 10.7. The second kappa shape index (κ2) is 10.8. The lowest BCUT2D eigenvalue weighted by atomic mass is 10.1. The topological polar surface area (TPSA) is 44.8 Å². The Balaban J connectivity index is 1.77. The van der Waals surface area contributed by atoms with E-state index in [1.807, 2.05) is 49.4 Å². The van der Waals surface area contributed by atoms with Crippen LogP contribution in [-0.2, 0) is 6.61 Å². The van der Waals surface area contributed by atoms with Crippen LogP contribution in [0.25, 0.3) is 6.08 Å². The second-order valence-corrected chi connectivity index (χ2v) is 7.63. The Hall–Kier alpha value is -2.80. The van der Waals surface area contributed by atoms with Crippen LogP contribution in [0, 0.1) is 3.57 Å². The lowest BCUT2D eigenvalue weighted by molar-refractivity contribution is 0.104. The summed E-state index contributed by atoms with van der Waals surface area (Å²) in [5.41, 5.74) is 2.57. The van der Waals surface area contributed by atoms with E-state index in [1.54, 1.807) is 43.5 Å². The van der Waals surface area contributed by atoms with Crippen LogP contribution in [-0.4, -0.2) is 19.5 Å². The van der Waals surface area contributed by atoms with E-state index in [1.165, 1.54) is 0 Å². The number of allylic oxidation sites excluding steroid dienone is 1. The molecule has 0 aliphatic heterocycles. The van der Waals surface area contributed by atoms with Crippen molar-refractivity contribution in [3.05, 3.63) is 93.1 Å². The lowest BCUT2D eigenvalue weighted by Gasteiger charge is -2.15. The SMILES string of the molecule is CCOc1cc(/C=C/C(=O)c2ccc(OC)cc2)cc(I)c1OCc1ccccc1. The van der Waals surface area contributed by atoms with Gasteiger partial charge in [-0.2, -0.15) is 0 Å². The van der Waals surface area contributed by atoms with Crippen molar-refractivity contribution in [2.75, 3.05) is 13.7 Å². The van der Waals surface area contributed by atoms with E-state index >= 15 is 0 Å². The molecule has 3 aromatic carbocycles. The summed E-state index contributed by atoms with van der Waals surface area (Å²) in [5, 5.41) is 0. The summed E-state index contributed by atoms with van der Waals surface area (Å²) in [6.45, 7) is 2.92. The third-order valence-electron chi connectivity index (χ3n) is 4.36. The van der Waals surface area contributed by atoms with E-state index in [4.69, 9.17) is 14.2 Å². The first-order valence-electron chi connectivity index (χ1n) is 9.60. The van der Waals surface area contributed by atoms with E-state index in [9.17, 15) is 4.79 Å². The first-order chi connectivity index (χ1) is 14.6. The van der Waals surface area contributed by atoms with Crippen LogP contribution in [0.5, 0.6) is 17.2 Å². The number of ketones is 1. The Bertz CT molecular complexity index is 1010. The predicted molar refractivity (Wildman–Crippen MR) is 127 cm³/mol. The maximum absolute atomic E-state index is 12.5. The zero-order valence-corrected chi connectivity index (χ0v) is 19.1. The molecule has 0 radical (unpaired) electrons. The van der Waals surface area contributed by atoms with Crippen molar-refractivity contribution >= 4 is 34.5 Å². The summed E-state index contributed by atoms with van der Waals surface area (Å²) >= 11 is 2.23. The fraction of sp³-hybridized carbons (Fsp3) is 0.160. The molecule has 0 spiro atoms. The van der Waals surface area contributed by atoms with Crippen LogP contribution in [0.4, 0.5) is 0 Å². The van der Waals surface area contributed by atoms with E-state index in [0.717, 1.165) is 20.4 Å². The van der Waals surface area contributed by atoms with Crippen LogP contribution >= 0.6 is 22.6 Å². The highest BCUT2D eigenvalue weighted by Gasteiger charge is 2.12. The quantitative estimate of drug-likeness (QED) is 0.195. The Kier molecular flexibility index (Phi) is 7.90. The number of hydrogen-bond acceptors (Lipinski definition) is 4. The van der Waals surface area contributed by atoms with Crippen molar-refractivity contribution in [3.63, 3.8) is 0 Å². The molecule has 4 nitrogen and oxygen atoms in total. The van der Waals surface area contributed by atoms with Gasteiger partial charge in [-0.15, -0.1) is 0 Å². The minimum atomic E-state index is -0.0741. The number of methoxy groups -OCH3 is 1. The molecular weight excluding hydrogens is 491 g/mol. The molecule has 0 aliphatic rings. The summed E-state index contributed by atoms with van der Waals surface area (Å²) in [6, 6.07) is 20.9. The van der Waals surface area contributed by atoms with Gasteiger partial charge in [-0.3, -0.25) is 4.79 Å². The normalized spacial score (nSPS) is 10.8. The Morgan fingerprint density at radius 1 is 1.00 bits per heavy atom. The number of hydrogen-bond donors (Lipinski definition) is 0. The fourth-order valence-electron chi connectivity index (χ4n) is 2.84. The minimum absolute atomic E-state index is 0.0741. The number of ether oxygens (including phenoxy) is 3. The molecule has 0 bridgehead atoms. The maximum atomic E-state index is 12.5. The van der Waals surface area contributed by atoms with Gasteiger partial charge in [0.25, 0.3) is 0 Å². The van der Waals surface area contributed by atoms with Crippen LogP contribution in [0.3, 0.4) is 0 Å². The van der Waals surface area contributed by atoms with Crippen molar-refractivity contribution in [2.45, 2.75) is 13.5 Å². The molecule has 0 saturated heterocycles. The third-order valence-corrected chi connectivity index (χ3v) is 5.16. The molecule has 0 aliphatic carbocycles. The highest BCUT2D eigenvalue weighted by molar-refractivity contribution is 14.1. The predicted octanol–water partition coefficient (Wildman–Crippen LogP) is 6.17. The van der Waals surface area contributed by atoms with Crippen LogP contribution in [0.15, 0.2) is 72.8 Å². The zero-order valence-electron chi connectivity index (χ0n) is 16.9. The highest BCUT2D eigenvalue weighted by Crippen LogP contribution is 2.35. The molecule has 0 amide bonds. The fourth-order valence-corrected chi connectivity index (χ4v) is 3.62. The molecule has 154 valence electrons. The minimum Gasteiger partial charge on any atom is -0.497 e. The van der Waals surface area contributed by atoms with Crippen molar-refractivity contribution in [1.29, 1.82) is 0 Å². The summed E-state index contributed by atoms with van der Waals surface area (Å²) in [4.78, 5) is 12.5. The number of carbonyl (C=O) groups is 1. The molecule has 0 heterocycles. The molecule has 0 aromatic heterocycles. The van der Waals surface area contributed by atoms with Crippen molar-refractivity contribution in [1.82, 2.24) is 0 Å². The molecule has 0 atom stereocenters. The number of rotatable bonds is 9. The van der Waals surface area contributed by atoms with Gasteiger partial charge in [0.05, 0.1) is 17.3 Å². The van der Waals surface area contributed by atoms with Gasteiger partial charge < -0.3 is 14.2 Å². The third kappa shape index (κ3) is 5.86. The molecular formula is C25H23IO4. The second-order valence-electron chi connectivity index (χ2n) is 6.46. The molecule has 3 aromatic rings. The summed E-state index contributed by atoms with van der Waals surface area (Å²) < 4.78 is 17.9. The Morgan fingerprint density at radius 2 is 1.73 bits per heavy atom. The van der Waals surface area contributed by atoms with Gasteiger partial charge in [0, 0.05) is 5.56 Å². The summed E-state index contributed by atoms with van der Waals surface area (Å²) in [7, 11) is 1.60. The zero-order chi connectivity index (χ0) is 21.3. The van der Waals surface area contributed by atoms with E-state index in [0.29, 0.717) is 30.3 Å². The van der Waals surface area contributed by atoms with Crippen LogP contribution in [0.1, 0.15) is 28.4 Å². The van der Waals surface area contributed by atoms with Gasteiger partial charge >= 0.3 is 0 Å². The number of carbonyl (C=O) groups excluding carboxylic acids is 1. The lowest BCUT2D eigenvalue weighted by Crippen LogP contribution is -2.02. The van der Waals surface area contributed by atoms with Gasteiger partial charge in [0.1, 0.15) is 12.4 Å². The summed E-state index contributed by atoms with van der Waals surface area (Å²) in [6.07, 6.45) is 3.35. The average molecular weight is 514 g/mol. The molecule has 5 heteroatoms.